The summed E-state index contributed by atoms with van der Waals surface area (Å²) in [6.45, 7) is 1.68. The van der Waals surface area contributed by atoms with Crippen LogP contribution in [0.15, 0.2) is 11.0 Å². The van der Waals surface area contributed by atoms with E-state index >= 15 is 0 Å². The number of thiophene rings is 1. The van der Waals surface area contributed by atoms with Crippen LogP contribution in [0.3, 0.4) is 0 Å². The van der Waals surface area contributed by atoms with Gasteiger partial charge in [-0.15, -0.1) is 11.3 Å². The highest BCUT2D eigenvalue weighted by atomic mass is 32.2. The number of aliphatic hydroxyl groups excluding tert-OH is 1. The van der Waals surface area contributed by atoms with Crippen LogP contribution in [0.25, 0.3) is 0 Å². The predicted molar refractivity (Wildman–Crippen MR) is 75.7 cm³/mol. The monoisotopic (exact) mass is 307 g/mol. The summed E-state index contributed by atoms with van der Waals surface area (Å²) in [5.41, 5.74) is 0. The molecule has 102 valence electrons. The van der Waals surface area contributed by atoms with E-state index in [0.29, 0.717) is 9.77 Å². The van der Waals surface area contributed by atoms with Crippen molar-refractivity contribution in [1.29, 1.82) is 0 Å². The van der Waals surface area contributed by atoms with Gasteiger partial charge in [0.05, 0.1) is 11.5 Å². The van der Waals surface area contributed by atoms with Gasteiger partial charge in [0.25, 0.3) is 0 Å². The van der Waals surface area contributed by atoms with Crippen LogP contribution in [-0.4, -0.2) is 42.4 Å². The smallest absolute Gasteiger partial charge is 0.244 e. The Morgan fingerprint density at radius 3 is 2.78 bits per heavy atom. The van der Waals surface area contributed by atoms with E-state index in [1.54, 1.807) is 31.8 Å². The maximum absolute atomic E-state index is 12.5. The Morgan fingerprint density at radius 2 is 2.28 bits per heavy atom. The van der Waals surface area contributed by atoms with Gasteiger partial charge in [0, 0.05) is 28.6 Å². The zero-order chi connectivity index (χ0) is 13.3. The molecule has 1 atom stereocenters. The molecule has 2 heterocycles. The van der Waals surface area contributed by atoms with Crippen LogP contribution < -0.4 is 0 Å². The summed E-state index contributed by atoms with van der Waals surface area (Å²) >= 11 is 3.13. The molecule has 1 saturated heterocycles. The van der Waals surface area contributed by atoms with Crippen LogP contribution >= 0.6 is 23.1 Å². The summed E-state index contributed by atoms with van der Waals surface area (Å²) in [6, 6.07) is 1.69. The van der Waals surface area contributed by atoms with Crippen molar-refractivity contribution in [1.82, 2.24) is 4.31 Å². The predicted octanol–water partition coefficient (Wildman–Crippen LogP) is 1.67. The second-order valence-electron chi connectivity index (χ2n) is 4.33. The molecule has 0 aliphatic carbocycles. The fourth-order valence-corrected chi connectivity index (χ4v) is 6.23. The number of hydrogen-bond donors (Lipinski definition) is 1. The molecule has 0 aromatic carbocycles. The molecule has 1 aromatic heterocycles. The highest BCUT2D eigenvalue weighted by molar-refractivity contribution is 7.99. The first-order valence-electron chi connectivity index (χ1n) is 5.72. The van der Waals surface area contributed by atoms with Crippen LogP contribution in [-0.2, 0) is 16.6 Å². The molecule has 4 nitrogen and oxygen atoms in total. The van der Waals surface area contributed by atoms with Gasteiger partial charge < -0.3 is 5.11 Å². The van der Waals surface area contributed by atoms with Gasteiger partial charge >= 0.3 is 0 Å². The Labute approximate surface area is 116 Å². The summed E-state index contributed by atoms with van der Waals surface area (Å²) in [5.74, 6) is 1.89. The Morgan fingerprint density at radius 1 is 1.56 bits per heavy atom. The van der Waals surface area contributed by atoms with Gasteiger partial charge in [0.1, 0.15) is 0 Å². The largest absolute Gasteiger partial charge is 0.391 e. The van der Waals surface area contributed by atoms with Crippen molar-refractivity contribution >= 4 is 33.1 Å². The summed E-state index contributed by atoms with van der Waals surface area (Å²) in [6.07, 6.45) is 0.913. The number of thioether (sulfide) groups is 1. The van der Waals surface area contributed by atoms with Crippen molar-refractivity contribution in [2.45, 2.75) is 30.9 Å². The van der Waals surface area contributed by atoms with E-state index in [1.165, 1.54) is 15.6 Å². The zero-order valence-electron chi connectivity index (χ0n) is 10.4. The molecule has 7 heteroatoms. The number of nitrogens with zero attached hydrogens (tertiary/aromatic N) is 1. The number of hydrogen-bond acceptors (Lipinski definition) is 5. The first kappa shape index (κ1) is 14.3. The van der Waals surface area contributed by atoms with E-state index in [2.05, 4.69) is 0 Å². The van der Waals surface area contributed by atoms with Crippen LogP contribution in [0.5, 0.6) is 0 Å². The first-order valence-corrected chi connectivity index (χ1v) is 9.14. The summed E-state index contributed by atoms with van der Waals surface area (Å²) in [7, 11) is -1.77. The fourth-order valence-electron chi connectivity index (χ4n) is 2.02. The lowest BCUT2D eigenvalue weighted by atomic mass is 10.3. The quantitative estimate of drug-likeness (QED) is 0.919. The third kappa shape index (κ3) is 2.60. The SMILES string of the molecule is Cc1sc(CO)cc1S(=O)(=O)N(C)C1CCSC1. The van der Waals surface area contributed by atoms with Crippen molar-refractivity contribution < 1.29 is 13.5 Å². The zero-order valence-corrected chi connectivity index (χ0v) is 12.9. The van der Waals surface area contributed by atoms with Gasteiger partial charge in [0.2, 0.25) is 10.0 Å². The molecular weight excluding hydrogens is 290 g/mol. The second-order valence-corrected chi connectivity index (χ2v) is 8.79. The third-order valence-corrected chi connectivity index (χ3v) is 7.50. The average Bonchev–Trinajstić information content (AvgIpc) is 2.96. The minimum atomic E-state index is -3.42. The van der Waals surface area contributed by atoms with E-state index in [9.17, 15) is 8.42 Å². The maximum atomic E-state index is 12.5. The lowest BCUT2D eigenvalue weighted by molar-refractivity contribution is 0.285. The third-order valence-electron chi connectivity index (χ3n) is 3.16. The highest BCUT2D eigenvalue weighted by Gasteiger charge is 2.32. The Bertz CT molecular complexity index is 518. The molecule has 18 heavy (non-hydrogen) atoms. The van der Waals surface area contributed by atoms with Gasteiger partial charge in [-0.3, -0.25) is 0 Å². The molecule has 1 fully saturated rings. The molecule has 1 aliphatic rings. The van der Waals surface area contributed by atoms with Gasteiger partial charge in [-0.25, -0.2) is 8.42 Å². The van der Waals surface area contributed by atoms with Crippen LogP contribution in [0, 0.1) is 6.92 Å². The lowest BCUT2D eigenvalue weighted by Crippen LogP contribution is -2.37. The highest BCUT2D eigenvalue weighted by Crippen LogP contribution is 2.31. The van der Waals surface area contributed by atoms with Crippen LogP contribution in [0.1, 0.15) is 16.2 Å². The topological polar surface area (TPSA) is 57.6 Å². The number of aliphatic hydroxyl groups is 1. The fraction of sp³-hybridized carbons (Fsp3) is 0.636. The van der Waals surface area contributed by atoms with Crippen molar-refractivity contribution in [3.05, 3.63) is 15.8 Å². The molecule has 1 aliphatic heterocycles. The van der Waals surface area contributed by atoms with Gasteiger partial charge in [-0.1, -0.05) is 0 Å². The molecular formula is C11H17NO3S3. The molecule has 0 bridgehead atoms. The normalized spacial score (nSPS) is 20.8. The second kappa shape index (κ2) is 5.50. The molecule has 0 radical (unpaired) electrons. The number of rotatable bonds is 4. The van der Waals surface area contributed by atoms with Crippen LogP contribution in [0.2, 0.25) is 0 Å². The molecule has 2 rings (SSSR count). The van der Waals surface area contributed by atoms with E-state index in [-0.39, 0.29) is 12.6 Å². The van der Waals surface area contributed by atoms with E-state index in [4.69, 9.17) is 5.11 Å². The Balaban J connectivity index is 2.31. The van der Waals surface area contributed by atoms with E-state index < -0.39 is 10.0 Å². The van der Waals surface area contributed by atoms with Crippen molar-refractivity contribution in [3.63, 3.8) is 0 Å². The van der Waals surface area contributed by atoms with E-state index in [1.807, 2.05) is 0 Å². The Hall–Kier alpha value is -0.0800. The summed E-state index contributed by atoms with van der Waals surface area (Å²) in [4.78, 5) is 1.78. The lowest BCUT2D eigenvalue weighted by Gasteiger charge is -2.22. The Kier molecular flexibility index (Phi) is 4.38. The minimum absolute atomic E-state index is 0.0943. The molecule has 1 N–H and O–H groups in total. The maximum Gasteiger partial charge on any atom is 0.244 e. The van der Waals surface area contributed by atoms with Gasteiger partial charge in [-0.05, 0) is 25.2 Å². The molecule has 1 unspecified atom stereocenters. The van der Waals surface area contributed by atoms with Crippen molar-refractivity contribution in [2.24, 2.45) is 0 Å². The van der Waals surface area contributed by atoms with Crippen LogP contribution in [0.4, 0.5) is 0 Å². The molecule has 0 amide bonds. The summed E-state index contributed by atoms with van der Waals surface area (Å²) < 4.78 is 26.5. The van der Waals surface area contributed by atoms with E-state index in [0.717, 1.165) is 22.8 Å². The number of aryl methyl sites for hydroxylation is 1. The van der Waals surface area contributed by atoms with Crippen molar-refractivity contribution in [3.8, 4) is 0 Å². The molecule has 0 saturated carbocycles. The minimum Gasteiger partial charge on any atom is -0.391 e. The number of sulfonamides is 1. The summed E-state index contributed by atoms with van der Waals surface area (Å²) in [5, 5.41) is 9.09. The molecule has 0 spiro atoms. The standard InChI is InChI=1S/C11H17NO3S3/c1-8-11(5-10(6-13)17-8)18(14,15)12(2)9-3-4-16-7-9/h5,9,13H,3-4,6-7H2,1-2H3. The average molecular weight is 307 g/mol. The van der Waals surface area contributed by atoms with Gasteiger partial charge in [-0.2, -0.15) is 16.1 Å². The van der Waals surface area contributed by atoms with Crippen molar-refractivity contribution in [2.75, 3.05) is 18.6 Å². The first-order chi connectivity index (χ1) is 8.46. The van der Waals surface area contributed by atoms with Gasteiger partial charge in [0.15, 0.2) is 0 Å². The molecule has 1 aromatic rings.